The number of carbonyl (C=O) groups is 1. The van der Waals surface area contributed by atoms with Crippen LogP contribution in [0.15, 0.2) is 41.6 Å². The Morgan fingerprint density at radius 3 is 2.93 bits per heavy atom. The Labute approximate surface area is 165 Å². The van der Waals surface area contributed by atoms with E-state index in [0.717, 1.165) is 48.6 Å². The molecule has 1 aromatic carbocycles. The van der Waals surface area contributed by atoms with Crippen molar-refractivity contribution in [2.45, 2.75) is 55.7 Å². The van der Waals surface area contributed by atoms with Gasteiger partial charge in [0.05, 0.1) is 18.0 Å². The molecule has 1 amide bonds. The molecule has 0 spiro atoms. The van der Waals surface area contributed by atoms with Crippen LogP contribution in [0.2, 0.25) is 0 Å². The molecule has 6 nitrogen and oxygen atoms in total. The fourth-order valence-corrected chi connectivity index (χ4v) is 4.42. The zero-order chi connectivity index (χ0) is 19.1. The molecule has 146 valence electrons. The van der Waals surface area contributed by atoms with E-state index in [1.165, 1.54) is 0 Å². The number of amides is 1. The van der Waals surface area contributed by atoms with Crippen LogP contribution < -0.4 is 0 Å². The van der Waals surface area contributed by atoms with E-state index in [0.29, 0.717) is 18.6 Å². The number of benzene rings is 1. The first-order valence-electron chi connectivity index (χ1n) is 9.56. The summed E-state index contributed by atoms with van der Waals surface area (Å²) in [5.41, 5.74) is 0.998. The molecular formula is C20H28N4O2S. The standard InChI is InChI=1S/C20H28N4O2S/c1-23(17-10-6-11-18(14-17)26-2)19(25)12-7-13-27-20-15-21-22-24(20)16-8-4-3-5-9-16/h3-5,8-9,15,17-18H,6-7,10-14H2,1-2H3. The Bertz CT molecular complexity index is 722. The molecular weight excluding hydrogens is 360 g/mol. The van der Waals surface area contributed by atoms with Gasteiger partial charge in [-0.3, -0.25) is 4.79 Å². The van der Waals surface area contributed by atoms with Gasteiger partial charge in [0.1, 0.15) is 5.03 Å². The topological polar surface area (TPSA) is 60.2 Å². The summed E-state index contributed by atoms with van der Waals surface area (Å²) in [5, 5.41) is 9.18. The molecule has 2 atom stereocenters. The number of aromatic nitrogens is 3. The average Bonchev–Trinajstić information content (AvgIpc) is 3.19. The van der Waals surface area contributed by atoms with Crippen molar-refractivity contribution in [3.05, 3.63) is 36.5 Å². The number of nitrogens with zero attached hydrogens (tertiary/aromatic N) is 4. The van der Waals surface area contributed by atoms with Crippen LogP contribution in [0.5, 0.6) is 0 Å². The van der Waals surface area contributed by atoms with Crippen molar-refractivity contribution in [2.75, 3.05) is 19.9 Å². The van der Waals surface area contributed by atoms with Crippen molar-refractivity contribution >= 4 is 17.7 Å². The molecule has 1 aliphatic rings. The lowest BCUT2D eigenvalue weighted by Crippen LogP contribution is -2.41. The summed E-state index contributed by atoms with van der Waals surface area (Å²) in [6, 6.07) is 10.3. The van der Waals surface area contributed by atoms with Gasteiger partial charge in [-0.05, 0) is 44.2 Å². The molecule has 1 fully saturated rings. The molecule has 0 N–H and O–H groups in total. The van der Waals surface area contributed by atoms with E-state index in [2.05, 4.69) is 10.3 Å². The molecule has 0 radical (unpaired) electrons. The highest BCUT2D eigenvalue weighted by atomic mass is 32.2. The fraction of sp³-hybridized carbons (Fsp3) is 0.550. The van der Waals surface area contributed by atoms with Gasteiger partial charge in [0, 0.05) is 32.4 Å². The minimum atomic E-state index is 0.229. The van der Waals surface area contributed by atoms with Gasteiger partial charge in [-0.1, -0.05) is 23.4 Å². The normalized spacial score (nSPS) is 19.8. The molecule has 1 saturated carbocycles. The van der Waals surface area contributed by atoms with Crippen LogP contribution in [0.1, 0.15) is 38.5 Å². The van der Waals surface area contributed by atoms with E-state index in [4.69, 9.17) is 4.74 Å². The first-order valence-corrected chi connectivity index (χ1v) is 10.5. The Morgan fingerprint density at radius 2 is 2.15 bits per heavy atom. The predicted molar refractivity (Wildman–Crippen MR) is 107 cm³/mol. The van der Waals surface area contributed by atoms with Gasteiger partial charge in [0.2, 0.25) is 5.91 Å². The van der Waals surface area contributed by atoms with E-state index < -0.39 is 0 Å². The number of ether oxygens (including phenoxy) is 1. The molecule has 2 unspecified atom stereocenters. The van der Waals surface area contributed by atoms with Gasteiger partial charge in [-0.2, -0.15) is 0 Å². The minimum Gasteiger partial charge on any atom is -0.381 e. The molecule has 7 heteroatoms. The molecule has 1 heterocycles. The zero-order valence-corrected chi connectivity index (χ0v) is 16.9. The lowest BCUT2D eigenvalue weighted by Gasteiger charge is -2.34. The van der Waals surface area contributed by atoms with Crippen LogP contribution >= 0.6 is 11.8 Å². The third kappa shape index (κ3) is 5.32. The van der Waals surface area contributed by atoms with Crippen molar-refractivity contribution in [3.8, 4) is 5.69 Å². The Hall–Kier alpha value is -1.86. The Kier molecular flexibility index (Phi) is 7.29. The molecule has 1 aromatic heterocycles. The summed E-state index contributed by atoms with van der Waals surface area (Å²) in [4.78, 5) is 14.5. The zero-order valence-electron chi connectivity index (χ0n) is 16.1. The average molecular weight is 389 g/mol. The van der Waals surface area contributed by atoms with Gasteiger partial charge < -0.3 is 9.64 Å². The monoisotopic (exact) mass is 388 g/mol. The number of rotatable bonds is 8. The van der Waals surface area contributed by atoms with Crippen LogP contribution in [-0.4, -0.2) is 57.9 Å². The van der Waals surface area contributed by atoms with E-state index in [1.54, 1.807) is 25.1 Å². The molecule has 1 aliphatic carbocycles. The van der Waals surface area contributed by atoms with Crippen LogP contribution in [0.25, 0.3) is 5.69 Å². The van der Waals surface area contributed by atoms with Gasteiger partial charge >= 0.3 is 0 Å². The maximum Gasteiger partial charge on any atom is 0.222 e. The summed E-state index contributed by atoms with van der Waals surface area (Å²) in [6.07, 6.45) is 7.76. The lowest BCUT2D eigenvalue weighted by atomic mass is 9.92. The number of carbonyl (C=O) groups excluding carboxylic acids is 1. The molecule has 27 heavy (non-hydrogen) atoms. The van der Waals surface area contributed by atoms with Gasteiger partial charge in [0.25, 0.3) is 0 Å². The van der Waals surface area contributed by atoms with E-state index in [-0.39, 0.29) is 5.91 Å². The van der Waals surface area contributed by atoms with Gasteiger partial charge in [-0.25, -0.2) is 4.68 Å². The van der Waals surface area contributed by atoms with E-state index in [9.17, 15) is 4.79 Å². The Morgan fingerprint density at radius 1 is 1.33 bits per heavy atom. The number of methoxy groups -OCH3 is 1. The third-order valence-corrected chi connectivity index (χ3v) is 6.24. The maximum absolute atomic E-state index is 12.5. The highest BCUT2D eigenvalue weighted by Crippen LogP contribution is 2.25. The number of hydrogen-bond donors (Lipinski definition) is 0. The number of thioether (sulfide) groups is 1. The maximum atomic E-state index is 12.5. The van der Waals surface area contributed by atoms with Crippen molar-refractivity contribution in [1.82, 2.24) is 19.9 Å². The van der Waals surface area contributed by atoms with Crippen molar-refractivity contribution in [1.29, 1.82) is 0 Å². The SMILES string of the molecule is COC1CCCC(N(C)C(=O)CCCSc2cnnn2-c2ccccc2)C1. The summed E-state index contributed by atoms with van der Waals surface area (Å²) in [7, 11) is 3.70. The molecule has 0 saturated heterocycles. The van der Waals surface area contributed by atoms with E-state index in [1.807, 2.05) is 47.0 Å². The summed E-state index contributed by atoms with van der Waals surface area (Å²) < 4.78 is 7.32. The van der Waals surface area contributed by atoms with E-state index >= 15 is 0 Å². The highest BCUT2D eigenvalue weighted by Gasteiger charge is 2.27. The lowest BCUT2D eigenvalue weighted by molar-refractivity contribution is -0.133. The second-order valence-corrected chi connectivity index (χ2v) is 8.07. The second-order valence-electron chi connectivity index (χ2n) is 6.95. The van der Waals surface area contributed by atoms with Crippen LogP contribution in [-0.2, 0) is 9.53 Å². The smallest absolute Gasteiger partial charge is 0.222 e. The molecule has 2 aromatic rings. The third-order valence-electron chi connectivity index (χ3n) is 5.18. The first-order chi connectivity index (χ1) is 13.2. The van der Waals surface area contributed by atoms with Crippen molar-refractivity contribution in [2.24, 2.45) is 0 Å². The number of para-hydroxylation sites is 1. The summed E-state index contributed by atoms with van der Waals surface area (Å²) >= 11 is 1.69. The van der Waals surface area contributed by atoms with Crippen LogP contribution in [0.4, 0.5) is 0 Å². The quantitative estimate of drug-likeness (QED) is 0.511. The van der Waals surface area contributed by atoms with Gasteiger partial charge in [0.15, 0.2) is 0 Å². The van der Waals surface area contributed by atoms with Crippen LogP contribution in [0, 0.1) is 0 Å². The van der Waals surface area contributed by atoms with Gasteiger partial charge in [-0.15, -0.1) is 16.9 Å². The summed E-state index contributed by atoms with van der Waals surface area (Å²) in [5.74, 6) is 1.09. The second kappa shape index (κ2) is 9.90. The Balaban J connectivity index is 1.44. The largest absolute Gasteiger partial charge is 0.381 e. The summed E-state index contributed by atoms with van der Waals surface area (Å²) in [6.45, 7) is 0. The fourth-order valence-electron chi connectivity index (χ4n) is 3.54. The predicted octanol–water partition coefficient (Wildman–Crippen LogP) is 3.56. The van der Waals surface area contributed by atoms with Crippen molar-refractivity contribution in [3.63, 3.8) is 0 Å². The number of hydrogen-bond acceptors (Lipinski definition) is 5. The van der Waals surface area contributed by atoms with Crippen molar-refractivity contribution < 1.29 is 9.53 Å². The molecule has 0 bridgehead atoms. The molecule has 3 rings (SSSR count). The highest BCUT2D eigenvalue weighted by molar-refractivity contribution is 7.99. The minimum absolute atomic E-state index is 0.229. The molecule has 0 aliphatic heterocycles. The first kappa shape index (κ1) is 19.9. The van der Waals surface area contributed by atoms with Crippen LogP contribution in [0.3, 0.4) is 0 Å².